The molecule has 6 nitrogen and oxygen atoms in total. The number of hydrogen-bond acceptors (Lipinski definition) is 5. The zero-order valence-corrected chi connectivity index (χ0v) is 14.9. The summed E-state index contributed by atoms with van der Waals surface area (Å²) in [6, 6.07) is 5.95. The van der Waals surface area contributed by atoms with Gasteiger partial charge in [-0.2, -0.15) is 0 Å². The number of alkyl halides is 2. The van der Waals surface area contributed by atoms with Crippen molar-refractivity contribution < 1.29 is 31.5 Å². The van der Waals surface area contributed by atoms with Crippen LogP contribution in [0.15, 0.2) is 41.6 Å². The monoisotopic (exact) mass is 373 g/mol. The van der Waals surface area contributed by atoms with Crippen LogP contribution >= 0.6 is 0 Å². The van der Waals surface area contributed by atoms with Crippen molar-refractivity contribution in [2.75, 3.05) is 19.5 Å². The Morgan fingerprint density at radius 3 is 2.60 bits per heavy atom. The van der Waals surface area contributed by atoms with Crippen molar-refractivity contribution >= 4 is 9.84 Å². The van der Waals surface area contributed by atoms with Gasteiger partial charge in [-0.25, -0.2) is 22.2 Å². The van der Waals surface area contributed by atoms with Gasteiger partial charge in [-0.15, -0.1) is 0 Å². The summed E-state index contributed by atoms with van der Waals surface area (Å²) in [6.45, 7) is 1.51. The van der Waals surface area contributed by atoms with Crippen LogP contribution in [-0.2, 0) is 9.84 Å². The van der Waals surface area contributed by atoms with Crippen LogP contribution in [0.4, 0.5) is 8.78 Å². The highest BCUT2D eigenvalue weighted by Gasteiger charge is 2.27. The minimum Gasteiger partial charge on any atom is -0.481 e. The first-order chi connectivity index (χ1) is 11.7. The molecule has 0 aliphatic rings. The Hall–Kier alpha value is -2.29. The molecule has 0 atom stereocenters. The molecule has 0 spiro atoms. The van der Waals surface area contributed by atoms with Gasteiger partial charge < -0.3 is 4.74 Å². The van der Waals surface area contributed by atoms with Gasteiger partial charge >= 0.3 is 0 Å². The van der Waals surface area contributed by atoms with E-state index in [1.165, 1.54) is 48.5 Å². The second-order valence-electron chi connectivity index (χ2n) is 5.37. The Morgan fingerprint density at radius 1 is 1.28 bits per heavy atom. The molecule has 0 aliphatic carbocycles. The first-order valence-corrected chi connectivity index (χ1v) is 9.12. The van der Waals surface area contributed by atoms with Gasteiger partial charge in [0.15, 0.2) is 27.9 Å². The lowest BCUT2D eigenvalue weighted by atomic mass is 10.2. The molecule has 136 valence electrons. The lowest BCUT2D eigenvalue weighted by Gasteiger charge is -2.11. The topological polar surface area (TPSA) is 69.4 Å². The fourth-order valence-electron chi connectivity index (χ4n) is 2.08. The molecular formula is C16H19F2N2O4S+. The zero-order chi connectivity index (χ0) is 18.7. The molecule has 0 aliphatic heterocycles. The third-order valence-electron chi connectivity index (χ3n) is 3.30. The minimum atomic E-state index is -3.50. The van der Waals surface area contributed by atoms with Gasteiger partial charge in [-0.05, 0) is 18.2 Å². The van der Waals surface area contributed by atoms with Crippen LogP contribution in [0.2, 0.25) is 0 Å². The van der Waals surface area contributed by atoms with Crippen LogP contribution in [0.1, 0.15) is 13.8 Å². The van der Waals surface area contributed by atoms with E-state index in [1.54, 1.807) is 6.92 Å². The molecule has 2 aromatic rings. The molecule has 2 aromatic heterocycles. The standard InChI is InChI=1S/C16H19F2N2O4S/c1-4-25(21,22)14-6-5-9-19-15(14)13-8-7-12(10-20(13)23-3)24-11-16(2,17)18/h5-10H,4,11H2,1-3H3/q+1. The SMILES string of the molecule is CCS(=O)(=O)c1cccnc1-c1ccc(OCC(C)(F)F)c[n+]1OC. The number of aromatic nitrogens is 2. The Balaban J connectivity index is 2.48. The molecule has 0 aromatic carbocycles. The molecule has 0 amide bonds. The summed E-state index contributed by atoms with van der Waals surface area (Å²) in [7, 11) is -2.14. The Labute approximate surface area is 144 Å². The van der Waals surface area contributed by atoms with E-state index in [0.29, 0.717) is 5.69 Å². The summed E-state index contributed by atoms with van der Waals surface area (Å²) in [5.74, 6) is -2.89. The van der Waals surface area contributed by atoms with Crippen LogP contribution in [0.5, 0.6) is 5.75 Å². The van der Waals surface area contributed by atoms with Gasteiger partial charge in [0, 0.05) is 23.9 Å². The van der Waals surface area contributed by atoms with Crippen LogP contribution in [0, 0.1) is 0 Å². The molecule has 25 heavy (non-hydrogen) atoms. The smallest absolute Gasteiger partial charge is 0.284 e. The third-order valence-corrected chi connectivity index (χ3v) is 5.06. The summed E-state index contributed by atoms with van der Waals surface area (Å²) in [4.78, 5) is 9.40. The average Bonchev–Trinajstić information content (AvgIpc) is 2.59. The molecule has 0 radical (unpaired) electrons. The summed E-state index contributed by atoms with van der Waals surface area (Å²) < 4.78 is 56.6. The second kappa shape index (κ2) is 7.30. The van der Waals surface area contributed by atoms with Crippen LogP contribution in [-0.4, -0.2) is 38.8 Å². The maximum Gasteiger partial charge on any atom is 0.284 e. The second-order valence-corrected chi connectivity index (χ2v) is 7.62. The largest absolute Gasteiger partial charge is 0.481 e. The summed E-state index contributed by atoms with van der Waals surface area (Å²) in [6.07, 6.45) is 2.81. The Morgan fingerprint density at radius 2 is 2.00 bits per heavy atom. The lowest BCUT2D eigenvalue weighted by Crippen LogP contribution is -2.43. The number of nitrogens with zero attached hydrogens (tertiary/aromatic N) is 2. The maximum absolute atomic E-state index is 12.9. The number of hydrogen-bond donors (Lipinski definition) is 0. The Bertz CT molecular complexity index is 851. The van der Waals surface area contributed by atoms with Gasteiger partial charge in [-0.1, -0.05) is 6.92 Å². The van der Waals surface area contributed by atoms with E-state index in [0.717, 1.165) is 6.92 Å². The molecule has 0 fully saturated rings. The number of rotatable bonds is 7. The minimum absolute atomic E-state index is 0.0667. The van der Waals surface area contributed by atoms with Crippen molar-refractivity contribution in [1.82, 2.24) is 4.98 Å². The molecule has 2 rings (SSSR count). The molecule has 0 N–H and O–H groups in total. The van der Waals surface area contributed by atoms with Gasteiger partial charge in [0.25, 0.3) is 17.8 Å². The van der Waals surface area contributed by atoms with E-state index in [9.17, 15) is 17.2 Å². The summed E-state index contributed by atoms with van der Waals surface area (Å²) in [5.41, 5.74) is 0.560. The van der Waals surface area contributed by atoms with Crippen LogP contribution in [0.3, 0.4) is 0 Å². The van der Waals surface area contributed by atoms with Gasteiger partial charge in [0.1, 0.15) is 7.11 Å². The van der Waals surface area contributed by atoms with Crippen LogP contribution < -0.4 is 14.3 Å². The summed E-state index contributed by atoms with van der Waals surface area (Å²) >= 11 is 0. The molecule has 9 heteroatoms. The lowest BCUT2D eigenvalue weighted by molar-refractivity contribution is -0.877. The van der Waals surface area contributed by atoms with E-state index in [2.05, 4.69) is 4.98 Å². The van der Waals surface area contributed by atoms with Gasteiger partial charge in [0.2, 0.25) is 0 Å². The zero-order valence-electron chi connectivity index (χ0n) is 14.1. The van der Waals surface area contributed by atoms with Crippen molar-refractivity contribution in [2.45, 2.75) is 24.7 Å². The predicted molar refractivity (Wildman–Crippen MR) is 86.2 cm³/mol. The van der Waals surface area contributed by atoms with Gasteiger partial charge in [0.05, 0.1) is 10.6 Å². The normalized spacial score (nSPS) is 12.0. The quantitative estimate of drug-likeness (QED) is 0.694. The van der Waals surface area contributed by atoms with Crippen molar-refractivity contribution in [3.8, 4) is 17.1 Å². The van der Waals surface area contributed by atoms with E-state index >= 15 is 0 Å². The molecule has 2 heterocycles. The average molecular weight is 373 g/mol. The molecular weight excluding hydrogens is 354 g/mol. The van der Waals surface area contributed by atoms with Crippen molar-refractivity contribution in [1.29, 1.82) is 0 Å². The fourth-order valence-corrected chi connectivity index (χ4v) is 3.13. The maximum atomic E-state index is 12.9. The number of halogens is 2. The predicted octanol–water partition coefficient (Wildman–Crippen LogP) is 1.92. The highest BCUT2D eigenvalue weighted by molar-refractivity contribution is 7.91. The van der Waals surface area contributed by atoms with E-state index in [4.69, 9.17) is 9.57 Å². The third kappa shape index (κ3) is 4.62. The van der Waals surface area contributed by atoms with E-state index in [1.807, 2.05) is 0 Å². The van der Waals surface area contributed by atoms with Crippen molar-refractivity contribution in [3.05, 3.63) is 36.7 Å². The Kier molecular flexibility index (Phi) is 5.56. The molecule has 0 saturated heterocycles. The highest BCUT2D eigenvalue weighted by Crippen LogP contribution is 2.25. The first kappa shape index (κ1) is 19.0. The highest BCUT2D eigenvalue weighted by atomic mass is 32.2. The number of sulfone groups is 1. The molecule has 0 saturated carbocycles. The van der Waals surface area contributed by atoms with Gasteiger partial charge in [-0.3, -0.25) is 4.84 Å². The molecule has 0 bridgehead atoms. The summed E-state index contributed by atoms with van der Waals surface area (Å²) in [5, 5.41) is 0. The van der Waals surface area contributed by atoms with Crippen molar-refractivity contribution in [3.63, 3.8) is 0 Å². The van der Waals surface area contributed by atoms with E-state index in [-0.39, 0.29) is 22.1 Å². The van der Waals surface area contributed by atoms with Crippen molar-refractivity contribution in [2.24, 2.45) is 0 Å². The van der Waals surface area contributed by atoms with E-state index < -0.39 is 22.4 Å². The number of pyridine rings is 2. The first-order valence-electron chi connectivity index (χ1n) is 7.47. The van der Waals surface area contributed by atoms with Crippen LogP contribution in [0.25, 0.3) is 11.4 Å². The fraction of sp³-hybridized carbons (Fsp3) is 0.375. The molecule has 0 unspecified atom stereocenters. The number of ether oxygens (including phenoxy) is 1.